The molecule has 0 spiro atoms. The Labute approximate surface area is 113 Å². The summed E-state index contributed by atoms with van der Waals surface area (Å²) in [5.41, 5.74) is 5.89. The molecule has 0 aromatic heterocycles. The van der Waals surface area contributed by atoms with Gasteiger partial charge in [-0.2, -0.15) is 0 Å². The number of amides is 1. The van der Waals surface area contributed by atoms with Crippen LogP contribution in [0.3, 0.4) is 0 Å². The van der Waals surface area contributed by atoms with E-state index in [1.807, 2.05) is 13.8 Å². The maximum Gasteiger partial charge on any atom is 0.254 e. The highest BCUT2D eigenvalue weighted by molar-refractivity contribution is 5.95. The van der Waals surface area contributed by atoms with E-state index in [2.05, 4.69) is 0 Å². The van der Waals surface area contributed by atoms with Crippen molar-refractivity contribution >= 4 is 5.91 Å². The third kappa shape index (κ3) is 2.66. The fourth-order valence-electron chi connectivity index (χ4n) is 1.78. The van der Waals surface area contributed by atoms with Crippen LogP contribution in [0.5, 0.6) is 11.5 Å². The van der Waals surface area contributed by atoms with Crippen molar-refractivity contribution in [2.24, 2.45) is 5.73 Å². The Bertz CT molecular complexity index is 486. The number of hydrogen-bond donors (Lipinski definition) is 1. The molecule has 1 heterocycles. The molecule has 1 amide bonds. The molecule has 0 atom stereocenters. The molecular weight excluding hydrogens is 244 g/mol. The lowest BCUT2D eigenvalue weighted by atomic mass is 10.0. The number of likely N-dealkylation sites (N-methyl/N-ethyl adjacent to an activating group) is 1. The second kappa shape index (κ2) is 5.09. The number of hydrogen-bond acceptors (Lipinski definition) is 4. The second-order valence-electron chi connectivity index (χ2n) is 5.24. The van der Waals surface area contributed by atoms with Crippen LogP contribution in [-0.4, -0.2) is 43.2 Å². The Hall–Kier alpha value is -1.75. The molecule has 1 aromatic carbocycles. The summed E-state index contributed by atoms with van der Waals surface area (Å²) in [5.74, 6) is 1.23. The SMILES string of the molecule is CN(C(=O)c1ccc2c(c1)OCCO2)C(C)(C)CN. The lowest BCUT2D eigenvalue weighted by Crippen LogP contribution is -2.50. The third-order valence-electron chi connectivity index (χ3n) is 3.50. The molecule has 0 radical (unpaired) electrons. The van der Waals surface area contributed by atoms with Crippen molar-refractivity contribution in [2.45, 2.75) is 19.4 Å². The first-order chi connectivity index (χ1) is 8.95. The Morgan fingerprint density at radius 3 is 2.58 bits per heavy atom. The van der Waals surface area contributed by atoms with E-state index in [1.54, 1.807) is 30.1 Å². The molecule has 0 bridgehead atoms. The summed E-state index contributed by atoms with van der Waals surface area (Å²) in [6.07, 6.45) is 0. The molecule has 19 heavy (non-hydrogen) atoms. The number of benzene rings is 1. The van der Waals surface area contributed by atoms with Crippen molar-refractivity contribution in [3.05, 3.63) is 23.8 Å². The maximum atomic E-state index is 12.4. The number of carbonyl (C=O) groups excluding carboxylic acids is 1. The lowest BCUT2D eigenvalue weighted by molar-refractivity contribution is 0.0639. The number of rotatable bonds is 3. The predicted molar refractivity (Wildman–Crippen MR) is 72.7 cm³/mol. The number of fused-ring (bicyclic) bond motifs is 1. The van der Waals surface area contributed by atoms with Gasteiger partial charge in [0, 0.05) is 24.7 Å². The molecule has 0 fully saturated rings. The van der Waals surface area contributed by atoms with Crippen LogP contribution in [0, 0.1) is 0 Å². The van der Waals surface area contributed by atoms with Crippen molar-refractivity contribution in [2.75, 3.05) is 26.8 Å². The van der Waals surface area contributed by atoms with Gasteiger partial charge >= 0.3 is 0 Å². The van der Waals surface area contributed by atoms with Gasteiger partial charge in [0.1, 0.15) is 13.2 Å². The standard InChI is InChI=1S/C14H20N2O3/c1-14(2,9-15)16(3)13(17)10-4-5-11-12(8-10)19-7-6-18-11/h4-5,8H,6-7,9,15H2,1-3H3. The van der Waals surface area contributed by atoms with Crippen LogP contribution in [0.15, 0.2) is 18.2 Å². The predicted octanol–water partition coefficient (Wildman–Crippen LogP) is 1.27. The molecule has 0 aliphatic carbocycles. The van der Waals surface area contributed by atoms with Crippen molar-refractivity contribution in [1.29, 1.82) is 0 Å². The van der Waals surface area contributed by atoms with Gasteiger partial charge in [-0.3, -0.25) is 4.79 Å². The first-order valence-corrected chi connectivity index (χ1v) is 6.33. The highest BCUT2D eigenvalue weighted by Gasteiger charge is 2.27. The summed E-state index contributed by atoms with van der Waals surface area (Å²) in [5, 5.41) is 0. The van der Waals surface area contributed by atoms with E-state index in [9.17, 15) is 4.79 Å². The molecular formula is C14H20N2O3. The maximum absolute atomic E-state index is 12.4. The van der Waals surface area contributed by atoms with Crippen molar-refractivity contribution < 1.29 is 14.3 Å². The van der Waals surface area contributed by atoms with Crippen LogP contribution in [0.2, 0.25) is 0 Å². The Morgan fingerprint density at radius 2 is 1.95 bits per heavy atom. The van der Waals surface area contributed by atoms with Crippen LogP contribution in [0.4, 0.5) is 0 Å². The summed E-state index contributed by atoms with van der Waals surface area (Å²) < 4.78 is 10.9. The molecule has 0 saturated carbocycles. The quantitative estimate of drug-likeness (QED) is 0.893. The number of carbonyl (C=O) groups is 1. The van der Waals surface area contributed by atoms with E-state index in [0.29, 0.717) is 36.8 Å². The van der Waals surface area contributed by atoms with Crippen molar-refractivity contribution in [1.82, 2.24) is 4.90 Å². The fraction of sp³-hybridized carbons (Fsp3) is 0.500. The van der Waals surface area contributed by atoms with E-state index in [-0.39, 0.29) is 11.4 Å². The van der Waals surface area contributed by atoms with Crippen LogP contribution in [0.25, 0.3) is 0 Å². The molecule has 2 N–H and O–H groups in total. The first-order valence-electron chi connectivity index (χ1n) is 6.33. The van der Waals surface area contributed by atoms with Gasteiger partial charge < -0.3 is 20.1 Å². The normalized spacial score (nSPS) is 14.1. The molecule has 1 aromatic rings. The Kier molecular flexibility index (Phi) is 3.66. The summed E-state index contributed by atoms with van der Waals surface area (Å²) >= 11 is 0. The zero-order valence-electron chi connectivity index (χ0n) is 11.6. The van der Waals surface area contributed by atoms with Crippen LogP contribution in [0.1, 0.15) is 24.2 Å². The van der Waals surface area contributed by atoms with Gasteiger partial charge in [-0.15, -0.1) is 0 Å². The van der Waals surface area contributed by atoms with Gasteiger partial charge in [-0.05, 0) is 32.0 Å². The van der Waals surface area contributed by atoms with Gasteiger partial charge in [-0.25, -0.2) is 0 Å². The van der Waals surface area contributed by atoms with E-state index in [0.717, 1.165) is 0 Å². The minimum absolute atomic E-state index is 0.0765. The van der Waals surface area contributed by atoms with E-state index in [1.165, 1.54) is 0 Å². The van der Waals surface area contributed by atoms with Gasteiger partial charge in [0.05, 0.1) is 0 Å². The molecule has 5 nitrogen and oxygen atoms in total. The topological polar surface area (TPSA) is 64.8 Å². The molecule has 5 heteroatoms. The summed E-state index contributed by atoms with van der Waals surface area (Å²) in [6.45, 7) is 5.32. The van der Waals surface area contributed by atoms with Gasteiger partial charge in [0.15, 0.2) is 11.5 Å². The number of nitrogens with zero attached hydrogens (tertiary/aromatic N) is 1. The Balaban J connectivity index is 2.24. The first kappa shape index (κ1) is 13.7. The average Bonchev–Trinajstić information content (AvgIpc) is 2.45. The molecule has 104 valence electrons. The van der Waals surface area contributed by atoms with E-state index >= 15 is 0 Å². The second-order valence-corrected chi connectivity index (χ2v) is 5.24. The van der Waals surface area contributed by atoms with Gasteiger partial charge in [0.25, 0.3) is 5.91 Å². The smallest absolute Gasteiger partial charge is 0.254 e. The highest BCUT2D eigenvalue weighted by atomic mass is 16.6. The van der Waals surface area contributed by atoms with E-state index < -0.39 is 0 Å². The summed E-state index contributed by atoms with van der Waals surface area (Å²) in [6, 6.07) is 5.24. The van der Waals surface area contributed by atoms with Crippen molar-refractivity contribution in [3.63, 3.8) is 0 Å². The monoisotopic (exact) mass is 264 g/mol. The third-order valence-corrected chi connectivity index (χ3v) is 3.50. The largest absolute Gasteiger partial charge is 0.486 e. The number of nitrogens with two attached hydrogens (primary N) is 1. The highest BCUT2D eigenvalue weighted by Crippen LogP contribution is 2.31. The van der Waals surface area contributed by atoms with Crippen LogP contribution in [-0.2, 0) is 0 Å². The van der Waals surface area contributed by atoms with Gasteiger partial charge in [0.2, 0.25) is 0 Å². The number of ether oxygens (including phenoxy) is 2. The van der Waals surface area contributed by atoms with Crippen LogP contribution < -0.4 is 15.2 Å². The minimum Gasteiger partial charge on any atom is -0.486 e. The Morgan fingerprint density at radius 1 is 1.32 bits per heavy atom. The lowest BCUT2D eigenvalue weighted by Gasteiger charge is -2.34. The summed E-state index contributed by atoms with van der Waals surface area (Å²) in [7, 11) is 1.76. The van der Waals surface area contributed by atoms with E-state index in [4.69, 9.17) is 15.2 Å². The van der Waals surface area contributed by atoms with Crippen LogP contribution >= 0.6 is 0 Å². The molecule has 2 rings (SSSR count). The minimum atomic E-state index is -0.385. The fourth-order valence-corrected chi connectivity index (χ4v) is 1.78. The summed E-state index contributed by atoms with van der Waals surface area (Å²) in [4.78, 5) is 14.1. The molecule has 1 aliphatic rings. The van der Waals surface area contributed by atoms with Gasteiger partial charge in [-0.1, -0.05) is 0 Å². The zero-order valence-corrected chi connectivity index (χ0v) is 11.6. The molecule has 1 aliphatic heterocycles. The molecule has 0 unspecified atom stereocenters. The molecule has 0 saturated heterocycles. The van der Waals surface area contributed by atoms with Crippen molar-refractivity contribution in [3.8, 4) is 11.5 Å². The average molecular weight is 264 g/mol. The zero-order chi connectivity index (χ0) is 14.0.